The summed E-state index contributed by atoms with van der Waals surface area (Å²) in [5, 5.41) is 3.07. The molecule has 1 N–H and O–H groups in total. The van der Waals surface area contributed by atoms with Crippen molar-refractivity contribution in [3.8, 4) is 11.4 Å². The molecule has 0 spiro atoms. The molecular weight excluding hydrogens is 497 g/mol. The third-order valence-electron chi connectivity index (χ3n) is 7.71. The zero-order chi connectivity index (χ0) is 25.7. The lowest BCUT2D eigenvalue weighted by Crippen LogP contribution is -2.47. The van der Waals surface area contributed by atoms with Crippen molar-refractivity contribution in [3.05, 3.63) is 48.3 Å². The Bertz CT molecular complexity index is 1400. The summed E-state index contributed by atoms with van der Waals surface area (Å²) in [6.07, 6.45) is 5.31. The van der Waals surface area contributed by atoms with E-state index in [2.05, 4.69) is 25.2 Å². The largest absolute Gasteiger partial charge is 0.381 e. The van der Waals surface area contributed by atoms with Crippen molar-refractivity contribution in [2.45, 2.75) is 49.2 Å². The fourth-order valence-corrected chi connectivity index (χ4v) is 7.40. The summed E-state index contributed by atoms with van der Waals surface area (Å²) in [4.78, 5) is 15.4. The van der Waals surface area contributed by atoms with Crippen molar-refractivity contribution in [1.29, 1.82) is 0 Å². The highest BCUT2D eigenvalue weighted by molar-refractivity contribution is 7.89. The molecule has 12 heteroatoms. The Morgan fingerprint density at radius 2 is 1.78 bits per heavy atom. The van der Waals surface area contributed by atoms with E-state index in [1.165, 1.54) is 0 Å². The molecule has 2 aromatic heterocycles. The standard InChI is InChI=1S/C25H30FN7O3S/c1-16-27-13-23(33(16)18-7-9-36-10-8-18)24-22(26)12-28-25(30-24)29-17-3-5-21(6-4-17)37(34,35)32-15-19-11-20(32)14-31(19)2/h3-6,12-13,18-20H,7-11,14-15H2,1-2H3,(H,28,29,30)/t19-,20-/m1/s1. The maximum Gasteiger partial charge on any atom is 0.243 e. The van der Waals surface area contributed by atoms with Crippen molar-refractivity contribution in [2.24, 2.45) is 0 Å². The number of imidazole rings is 1. The second-order valence-corrected chi connectivity index (χ2v) is 11.9. The molecule has 2 atom stereocenters. The van der Waals surface area contributed by atoms with Gasteiger partial charge in [-0.15, -0.1) is 0 Å². The molecule has 196 valence electrons. The van der Waals surface area contributed by atoms with Crippen LogP contribution in [-0.4, -0.2) is 82.6 Å². The molecule has 3 saturated heterocycles. The van der Waals surface area contributed by atoms with Crippen LogP contribution >= 0.6 is 0 Å². The number of rotatable bonds is 6. The Balaban J connectivity index is 1.22. The van der Waals surface area contributed by atoms with E-state index in [4.69, 9.17) is 4.74 Å². The topological polar surface area (TPSA) is 105 Å². The van der Waals surface area contributed by atoms with Crippen LogP contribution in [0.15, 0.2) is 41.6 Å². The SMILES string of the molecule is Cc1ncc(-c2nc(Nc3ccc(S(=O)(=O)N4C[C@H]5C[C@@H]4CN5C)cc3)ncc2F)n1C1CCOCC1. The van der Waals surface area contributed by atoms with Crippen LogP contribution in [0.3, 0.4) is 0 Å². The predicted molar refractivity (Wildman–Crippen MR) is 135 cm³/mol. The molecule has 0 radical (unpaired) electrons. The van der Waals surface area contributed by atoms with Gasteiger partial charge in [0, 0.05) is 50.1 Å². The first-order valence-electron chi connectivity index (χ1n) is 12.5. The van der Waals surface area contributed by atoms with E-state index >= 15 is 0 Å². The summed E-state index contributed by atoms with van der Waals surface area (Å²) in [6, 6.07) is 7.01. The van der Waals surface area contributed by atoms with Gasteiger partial charge in [0.05, 0.1) is 23.0 Å². The monoisotopic (exact) mass is 527 g/mol. The van der Waals surface area contributed by atoms with Crippen LogP contribution in [0.1, 0.15) is 31.1 Å². The molecule has 3 aromatic rings. The molecule has 0 aliphatic carbocycles. The molecule has 37 heavy (non-hydrogen) atoms. The smallest absolute Gasteiger partial charge is 0.243 e. The number of anilines is 2. The number of benzene rings is 1. The van der Waals surface area contributed by atoms with E-state index in [1.807, 2.05) is 18.5 Å². The zero-order valence-corrected chi connectivity index (χ0v) is 21.7. The third kappa shape index (κ3) is 4.41. The molecule has 3 fully saturated rings. The quantitative estimate of drug-likeness (QED) is 0.522. The van der Waals surface area contributed by atoms with Gasteiger partial charge in [-0.05, 0) is 57.5 Å². The van der Waals surface area contributed by atoms with Crippen molar-refractivity contribution in [1.82, 2.24) is 28.7 Å². The number of hydrogen-bond acceptors (Lipinski definition) is 8. The number of aromatic nitrogens is 4. The fourth-order valence-electron chi connectivity index (χ4n) is 5.74. The predicted octanol–water partition coefficient (Wildman–Crippen LogP) is 2.96. The number of piperazine rings is 1. The fraction of sp³-hybridized carbons (Fsp3) is 0.480. The summed E-state index contributed by atoms with van der Waals surface area (Å²) in [5.74, 6) is 0.471. The van der Waals surface area contributed by atoms with Gasteiger partial charge in [0.15, 0.2) is 5.82 Å². The summed E-state index contributed by atoms with van der Waals surface area (Å²) in [5.41, 5.74) is 1.37. The zero-order valence-electron chi connectivity index (χ0n) is 20.8. The van der Waals surface area contributed by atoms with Crippen LogP contribution in [0.2, 0.25) is 0 Å². The molecule has 3 aliphatic rings. The van der Waals surface area contributed by atoms with Gasteiger partial charge in [0.2, 0.25) is 16.0 Å². The maximum atomic E-state index is 14.9. The van der Waals surface area contributed by atoms with E-state index in [-0.39, 0.29) is 34.7 Å². The Labute approximate surface area is 215 Å². The van der Waals surface area contributed by atoms with E-state index in [1.54, 1.807) is 34.8 Å². The van der Waals surface area contributed by atoms with E-state index in [0.29, 0.717) is 31.1 Å². The maximum absolute atomic E-state index is 14.9. The van der Waals surface area contributed by atoms with Crippen molar-refractivity contribution >= 4 is 21.7 Å². The van der Waals surface area contributed by atoms with Crippen LogP contribution in [0, 0.1) is 12.7 Å². The first-order valence-corrected chi connectivity index (χ1v) is 14.0. The summed E-state index contributed by atoms with van der Waals surface area (Å²) in [7, 11) is -1.53. The lowest BCUT2D eigenvalue weighted by molar-refractivity contribution is 0.0694. The van der Waals surface area contributed by atoms with Gasteiger partial charge in [-0.3, -0.25) is 0 Å². The summed E-state index contributed by atoms with van der Waals surface area (Å²) < 4.78 is 50.4. The Morgan fingerprint density at radius 3 is 2.46 bits per heavy atom. The minimum atomic E-state index is -3.56. The van der Waals surface area contributed by atoms with Gasteiger partial charge < -0.3 is 19.5 Å². The number of aryl methyl sites for hydroxylation is 1. The second kappa shape index (κ2) is 9.43. The number of hydrogen-bond donors (Lipinski definition) is 1. The highest BCUT2D eigenvalue weighted by atomic mass is 32.2. The number of sulfonamides is 1. The minimum Gasteiger partial charge on any atom is -0.381 e. The van der Waals surface area contributed by atoms with Crippen molar-refractivity contribution in [2.75, 3.05) is 38.7 Å². The lowest BCUT2D eigenvalue weighted by atomic mass is 10.1. The van der Waals surface area contributed by atoms with Crippen LogP contribution in [0.5, 0.6) is 0 Å². The molecule has 0 saturated carbocycles. The Hall–Kier alpha value is -2.93. The number of nitrogens with zero attached hydrogens (tertiary/aromatic N) is 6. The number of ether oxygens (including phenoxy) is 1. The van der Waals surface area contributed by atoms with Gasteiger partial charge in [-0.1, -0.05) is 0 Å². The Morgan fingerprint density at radius 1 is 1.03 bits per heavy atom. The molecule has 1 aromatic carbocycles. The highest BCUT2D eigenvalue weighted by Crippen LogP contribution is 2.35. The summed E-state index contributed by atoms with van der Waals surface area (Å²) in [6.45, 7) is 4.50. The van der Waals surface area contributed by atoms with Gasteiger partial charge in [0.1, 0.15) is 11.5 Å². The van der Waals surface area contributed by atoms with Gasteiger partial charge in [-0.25, -0.2) is 27.8 Å². The normalized spacial score (nSPS) is 23.1. The van der Waals surface area contributed by atoms with E-state index in [0.717, 1.165) is 37.8 Å². The average molecular weight is 528 g/mol. The summed E-state index contributed by atoms with van der Waals surface area (Å²) >= 11 is 0. The molecule has 5 heterocycles. The van der Waals surface area contributed by atoms with Gasteiger partial charge >= 0.3 is 0 Å². The molecule has 6 rings (SSSR count). The van der Waals surface area contributed by atoms with Crippen molar-refractivity contribution < 1.29 is 17.5 Å². The lowest BCUT2D eigenvalue weighted by Gasteiger charge is -2.31. The van der Waals surface area contributed by atoms with Crippen LogP contribution < -0.4 is 5.32 Å². The van der Waals surface area contributed by atoms with Crippen LogP contribution in [0.4, 0.5) is 16.0 Å². The molecule has 0 unspecified atom stereocenters. The van der Waals surface area contributed by atoms with Crippen LogP contribution in [-0.2, 0) is 14.8 Å². The van der Waals surface area contributed by atoms with E-state index in [9.17, 15) is 12.8 Å². The van der Waals surface area contributed by atoms with Gasteiger partial charge in [-0.2, -0.15) is 4.31 Å². The molecular formula is C25H30FN7O3S. The van der Waals surface area contributed by atoms with E-state index < -0.39 is 15.8 Å². The average Bonchev–Trinajstić information content (AvgIpc) is 3.60. The molecule has 2 bridgehead atoms. The van der Waals surface area contributed by atoms with Crippen molar-refractivity contribution in [3.63, 3.8) is 0 Å². The first-order chi connectivity index (χ1) is 17.8. The molecule has 3 aliphatic heterocycles. The minimum absolute atomic E-state index is 0.0297. The Kier molecular flexibility index (Phi) is 6.22. The number of nitrogens with one attached hydrogen (secondary N) is 1. The highest BCUT2D eigenvalue weighted by Gasteiger charge is 2.47. The molecule has 0 amide bonds. The number of halogens is 1. The van der Waals surface area contributed by atoms with Gasteiger partial charge in [0.25, 0.3) is 0 Å². The molecule has 10 nitrogen and oxygen atoms in total. The number of fused-ring (bicyclic) bond motifs is 2. The third-order valence-corrected chi connectivity index (χ3v) is 9.64. The number of likely N-dealkylation sites (N-methyl/N-ethyl adjacent to an activating group) is 1. The number of likely N-dealkylation sites (tertiary alicyclic amines) is 1. The second-order valence-electron chi connectivity index (χ2n) is 10.0. The first kappa shape index (κ1) is 24.4. The van der Waals surface area contributed by atoms with Crippen LogP contribution in [0.25, 0.3) is 11.4 Å².